The SMILES string of the molecule is CC.CC.CCCCCCCCCCOc1ccc(-c2cc(C)c(-c3ccc(OCCCCCCCCCC)cc3)cc2C)cc1.Cc1ccc2cc(C)ccc2c1. The molecule has 0 bridgehead atoms. The zero-order valence-electron chi connectivity index (χ0n) is 38.8. The monoisotopic (exact) mass is 787 g/mol. The summed E-state index contributed by atoms with van der Waals surface area (Å²) < 4.78 is 12.1. The molecule has 318 valence electrons. The Kier molecular flexibility index (Phi) is 26.7. The third kappa shape index (κ3) is 19.1. The molecule has 0 atom stereocenters. The van der Waals surface area contributed by atoms with Crippen molar-refractivity contribution in [2.24, 2.45) is 0 Å². The van der Waals surface area contributed by atoms with Gasteiger partial charge in [-0.2, -0.15) is 0 Å². The van der Waals surface area contributed by atoms with E-state index in [2.05, 4.69) is 139 Å². The third-order valence-corrected chi connectivity index (χ3v) is 10.6. The molecule has 0 aliphatic rings. The van der Waals surface area contributed by atoms with Crippen molar-refractivity contribution in [1.82, 2.24) is 0 Å². The molecule has 5 aromatic carbocycles. The Labute approximate surface area is 357 Å². The molecule has 0 aliphatic carbocycles. The largest absolute Gasteiger partial charge is 0.494 e. The van der Waals surface area contributed by atoms with Gasteiger partial charge in [0, 0.05) is 0 Å². The average molecular weight is 787 g/mol. The number of unbranched alkanes of at least 4 members (excludes halogenated alkanes) is 14. The van der Waals surface area contributed by atoms with Gasteiger partial charge in [0.2, 0.25) is 0 Å². The van der Waals surface area contributed by atoms with Crippen LogP contribution in [-0.4, -0.2) is 13.2 Å². The molecule has 2 nitrogen and oxygen atoms in total. The van der Waals surface area contributed by atoms with Gasteiger partial charge in [-0.3, -0.25) is 0 Å². The van der Waals surface area contributed by atoms with Crippen LogP contribution in [0.3, 0.4) is 0 Å². The molecule has 5 aromatic rings. The first-order valence-corrected chi connectivity index (χ1v) is 23.4. The van der Waals surface area contributed by atoms with E-state index in [9.17, 15) is 0 Å². The van der Waals surface area contributed by atoms with Crippen LogP contribution in [0.4, 0.5) is 0 Å². The normalized spacial score (nSPS) is 10.4. The fraction of sp³-hybridized carbons (Fsp3) is 0.500. The minimum absolute atomic E-state index is 0.810. The summed E-state index contributed by atoms with van der Waals surface area (Å²) in [6.07, 6.45) is 21.2. The maximum Gasteiger partial charge on any atom is 0.119 e. The predicted molar refractivity (Wildman–Crippen MR) is 259 cm³/mol. The minimum atomic E-state index is 0.810. The zero-order chi connectivity index (χ0) is 42.4. The van der Waals surface area contributed by atoms with Crippen molar-refractivity contribution in [3.8, 4) is 33.8 Å². The van der Waals surface area contributed by atoms with Crippen LogP contribution >= 0.6 is 0 Å². The fourth-order valence-electron chi connectivity index (χ4n) is 7.24. The molecular weight excluding hydrogens is 705 g/mol. The summed E-state index contributed by atoms with van der Waals surface area (Å²) in [7, 11) is 0. The second-order valence-corrected chi connectivity index (χ2v) is 15.5. The van der Waals surface area contributed by atoms with Gasteiger partial charge in [-0.1, -0.05) is 215 Å². The lowest BCUT2D eigenvalue weighted by Crippen LogP contribution is -1.97. The fourth-order valence-corrected chi connectivity index (χ4v) is 7.24. The predicted octanol–water partition coefficient (Wildman–Crippen LogP) is 18.2. The van der Waals surface area contributed by atoms with Crippen LogP contribution in [0.25, 0.3) is 33.0 Å². The molecule has 0 N–H and O–H groups in total. The van der Waals surface area contributed by atoms with E-state index in [1.807, 2.05) is 27.7 Å². The van der Waals surface area contributed by atoms with Gasteiger partial charge in [0.05, 0.1) is 13.2 Å². The Hall–Kier alpha value is -4.04. The van der Waals surface area contributed by atoms with Crippen LogP contribution in [0.2, 0.25) is 0 Å². The van der Waals surface area contributed by atoms with Gasteiger partial charge in [-0.15, -0.1) is 0 Å². The highest BCUT2D eigenvalue weighted by Crippen LogP contribution is 2.33. The first-order valence-electron chi connectivity index (χ1n) is 23.4. The van der Waals surface area contributed by atoms with Crippen molar-refractivity contribution in [1.29, 1.82) is 0 Å². The first kappa shape index (κ1) is 50.1. The molecular formula is C56H82O2. The standard InChI is InChI=1S/C40H58O2.C12H12.2C2H6/c1-5-7-9-11-13-15-17-19-29-41-37-25-21-35(22-26-37)39-31-34(4)40(32-33(39)3)36-23-27-38(28-24-36)42-30-20-18-16-14-12-10-8-6-2;1-9-3-5-12-8-10(2)4-6-11(12)7-9;2*1-2/h21-28,31-32H,5-20,29-30H2,1-4H3;3-8H,1-2H3;2*1-2H3. The molecule has 0 heterocycles. The molecule has 0 unspecified atom stereocenters. The summed E-state index contributed by atoms with van der Waals surface area (Å²) in [6.45, 7) is 22.8. The summed E-state index contributed by atoms with van der Waals surface area (Å²) in [5.41, 5.74) is 10.3. The lowest BCUT2D eigenvalue weighted by atomic mass is 9.92. The Bertz CT molecular complexity index is 1630. The maximum absolute atomic E-state index is 6.03. The van der Waals surface area contributed by atoms with E-state index < -0.39 is 0 Å². The van der Waals surface area contributed by atoms with Crippen LogP contribution < -0.4 is 9.47 Å². The molecule has 0 radical (unpaired) electrons. The summed E-state index contributed by atoms with van der Waals surface area (Å²) in [5, 5.41) is 2.67. The lowest BCUT2D eigenvalue weighted by Gasteiger charge is -2.14. The minimum Gasteiger partial charge on any atom is -0.494 e. The Morgan fingerprint density at radius 3 is 0.983 bits per heavy atom. The molecule has 0 amide bonds. The quantitative estimate of drug-likeness (QED) is 0.0651. The van der Waals surface area contributed by atoms with Crippen LogP contribution in [-0.2, 0) is 0 Å². The second-order valence-electron chi connectivity index (χ2n) is 15.5. The summed E-state index contributed by atoms with van der Waals surface area (Å²) in [6, 6.07) is 35.0. The van der Waals surface area contributed by atoms with Crippen molar-refractivity contribution in [3.05, 3.63) is 119 Å². The number of aryl methyl sites for hydroxylation is 4. The number of hydrogen-bond acceptors (Lipinski definition) is 2. The summed E-state index contributed by atoms with van der Waals surface area (Å²) >= 11 is 0. The van der Waals surface area contributed by atoms with Crippen molar-refractivity contribution >= 4 is 10.8 Å². The number of ether oxygens (including phenoxy) is 2. The topological polar surface area (TPSA) is 18.5 Å². The van der Waals surface area contributed by atoms with Gasteiger partial charge in [-0.05, 0) is 109 Å². The van der Waals surface area contributed by atoms with E-state index in [4.69, 9.17) is 9.47 Å². The number of rotatable bonds is 22. The smallest absolute Gasteiger partial charge is 0.119 e. The van der Waals surface area contributed by atoms with E-state index in [-0.39, 0.29) is 0 Å². The van der Waals surface area contributed by atoms with Crippen LogP contribution in [0.1, 0.15) is 167 Å². The van der Waals surface area contributed by atoms with Crippen molar-refractivity contribution in [2.45, 2.75) is 172 Å². The highest BCUT2D eigenvalue weighted by Gasteiger charge is 2.10. The highest BCUT2D eigenvalue weighted by atomic mass is 16.5. The average Bonchev–Trinajstić information content (AvgIpc) is 3.25. The Morgan fingerprint density at radius 2 is 0.655 bits per heavy atom. The molecule has 0 aromatic heterocycles. The molecule has 0 saturated carbocycles. The van der Waals surface area contributed by atoms with Crippen molar-refractivity contribution in [2.75, 3.05) is 13.2 Å². The maximum atomic E-state index is 6.03. The number of hydrogen-bond donors (Lipinski definition) is 0. The van der Waals surface area contributed by atoms with E-state index in [0.29, 0.717) is 0 Å². The Morgan fingerprint density at radius 1 is 0.345 bits per heavy atom. The van der Waals surface area contributed by atoms with Gasteiger partial charge < -0.3 is 9.47 Å². The molecule has 0 spiro atoms. The highest BCUT2D eigenvalue weighted by molar-refractivity contribution is 5.83. The second kappa shape index (κ2) is 31.0. The number of benzene rings is 5. The van der Waals surface area contributed by atoms with E-state index in [0.717, 1.165) is 37.6 Å². The van der Waals surface area contributed by atoms with Crippen LogP contribution in [0.15, 0.2) is 97.1 Å². The molecule has 5 rings (SSSR count). The van der Waals surface area contributed by atoms with E-state index in [1.165, 1.54) is 145 Å². The molecule has 58 heavy (non-hydrogen) atoms. The first-order chi connectivity index (χ1) is 28.4. The van der Waals surface area contributed by atoms with Gasteiger partial charge in [0.15, 0.2) is 0 Å². The van der Waals surface area contributed by atoms with Crippen molar-refractivity contribution in [3.63, 3.8) is 0 Å². The molecule has 0 saturated heterocycles. The summed E-state index contributed by atoms with van der Waals surface area (Å²) in [4.78, 5) is 0. The van der Waals surface area contributed by atoms with Gasteiger partial charge >= 0.3 is 0 Å². The zero-order valence-corrected chi connectivity index (χ0v) is 38.8. The molecule has 2 heteroatoms. The van der Waals surface area contributed by atoms with Gasteiger partial charge in [0.1, 0.15) is 11.5 Å². The van der Waals surface area contributed by atoms with E-state index in [1.54, 1.807) is 0 Å². The molecule has 0 aliphatic heterocycles. The number of fused-ring (bicyclic) bond motifs is 1. The van der Waals surface area contributed by atoms with Gasteiger partial charge in [0.25, 0.3) is 0 Å². The third-order valence-electron chi connectivity index (χ3n) is 10.6. The van der Waals surface area contributed by atoms with E-state index >= 15 is 0 Å². The Balaban J connectivity index is 0.000000603. The van der Waals surface area contributed by atoms with Crippen LogP contribution in [0.5, 0.6) is 11.5 Å². The lowest BCUT2D eigenvalue weighted by molar-refractivity contribution is 0.304. The van der Waals surface area contributed by atoms with Crippen molar-refractivity contribution < 1.29 is 9.47 Å². The van der Waals surface area contributed by atoms with Gasteiger partial charge in [-0.25, -0.2) is 0 Å². The molecule has 0 fully saturated rings. The summed E-state index contributed by atoms with van der Waals surface area (Å²) in [5.74, 6) is 1.94. The van der Waals surface area contributed by atoms with Crippen LogP contribution in [0, 0.1) is 27.7 Å².